The lowest BCUT2D eigenvalue weighted by Crippen LogP contribution is -2.19. The molecule has 78 valence electrons. The van der Waals surface area contributed by atoms with Gasteiger partial charge in [-0.3, -0.25) is 0 Å². The van der Waals surface area contributed by atoms with E-state index < -0.39 is 0 Å². The number of hydrogen-bond donors (Lipinski definition) is 1. The molecule has 2 aliphatic rings. The average molecular weight is 203 g/mol. The molecule has 0 aromatic heterocycles. The second kappa shape index (κ2) is 3.59. The smallest absolute Gasteiger partial charge is 0.231 e. The molecule has 0 saturated carbocycles. The highest BCUT2D eigenvalue weighted by Crippen LogP contribution is 2.35. The molecule has 0 spiro atoms. The van der Waals surface area contributed by atoms with Gasteiger partial charge in [0.1, 0.15) is 0 Å². The molecule has 2 aliphatic heterocycles. The lowest BCUT2D eigenvalue weighted by atomic mass is 10.00. The molecule has 0 aliphatic carbocycles. The first-order chi connectivity index (χ1) is 7.43. The van der Waals surface area contributed by atoms with E-state index in [1.807, 2.05) is 6.07 Å². The van der Waals surface area contributed by atoms with Crippen LogP contribution < -0.4 is 14.8 Å². The van der Waals surface area contributed by atoms with Crippen molar-refractivity contribution in [2.75, 3.05) is 19.9 Å². The number of rotatable bonds is 1. The van der Waals surface area contributed by atoms with E-state index in [2.05, 4.69) is 23.5 Å². The first kappa shape index (κ1) is 8.80. The monoisotopic (exact) mass is 203 g/mol. The van der Waals surface area contributed by atoms with Crippen molar-refractivity contribution in [1.29, 1.82) is 0 Å². The fourth-order valence-electron chi connectivity index (χ4n) is 1.98. The van der Waals surface area contributed by atoms with E-state index in [4.69, 9.17) is 9.47 Å². The molecular weight excluding hydrogens is 190 g/mol. The summed E-state index contributed by atoms with van der Waals surface area (Å²) in [5.74, 6) is 1.72. The molecule has 3 nitrogen and oxygen atoms in total. The predicted molar refractivity (Wildman–Crippen MR) is 58.0 cm³/mol. The van der Waals surface area contributed by atoms with Gasteiger partial charge in [0.15, 0.2) is 11.5 Å². The van der Waals surface area contributed by atoms with Crippen LogP contribution in [0.5, 0.6) is 11.5 Å². The summed E-state index contributed by atoms with van der Waals surface area (Å²) < 4.78 is 10.7. The van der Waals surface area contributed by atoms with Crippen LogP contribution in [0.1, 0.15) is 12.0 Å². The van der Waals surface area contributed by atoms with Gasteiger partial charge in [-0.05, 0) is 36.2 Å². The molecule has 3 heteroatoms. The summed E-state index contributed by atoms with van der Waals surface area (Å²) >= 11 is 0. The Morgan fingerprint density at radius 2 is 2.07 bits per heavy atom. The Morgan fingerprint density at radius 1 is 1.13 bits per heavy atom. The topological polar surface area (TPSA) is 30.5 Å². The van der Waals surface area contributed by atoms with Crippen LogP contribution >= 0.6 is 0 Å². The van der Waals surface area contributed by atoms with Gasteiger partial charge in [0.2, 0.25) is 6.79 Å². The Morgan fingerprint density at radius 3 is 2.93 bits per heavy atom. The second-order valence-corrected chi connectivity index (χ2v) is 3.75. The van der Waals surface area contributed by atoms with Gasteiger partial charge in [-0.1, -0.05) is 12.1 Å². The van der Waals surface area contributed by atoms with Gasteiger partial charge in [-0.15, -0.1) is 0 Å². The summed E-state index contributed by atoms with van der Waals surface area (Å²) in [6.45, 7) is 2.36. The van der Waals surface area contributed by atoms with E-state index >= 15 is 0 Å². The second-order valence-electron chi connectivity index (χ2n) is 3.75. The Labute approximate surface area is 88.7 Å². The van der Waals surface area contributed by atoms with Crippen LogP contribution in [-0.4, -0.2) is 19.9 Å². The van der Waals surface area contributed by atoms with Crippen LogP contribution in [-0.2, 0) is 0 Å². The third-order valence-corrected chi connectivity index (χ3v) is 2.81. The van der Waals surface area contributed by atoms with Crippen LogP contribution in [0.25, 0.3) is 5.57 Å². The fraction of sp³-hybridized carbons (Fsp3) is 0.333. The Kier molecular flexibility index (Phi) is 2.10. The zero-order chi connectivity index (χ0) is 10.1. The molecule has 0 saturated heterocycles. The molecule has 0 unspecified atom stereocenters. The highest BCUT2D eigenvalue weighted by Gasteiger charge is 2.15. The summed E-state index contributed by atoms with van der Waals surface area (Å²) in [5, 5.41) is 3.30. The molecule has 1 N–H and O–H groups in total. The molecule has 15 heavy (non-hydrogen) atoms. The van der Waals surface area contributed by atoms with Crippen molar-refractivity contribution in [3.8, 4) is 11.5 Å². The molecule has 1 aromatic rings. The largest absolute Gasteiger partial charge is 0.454 e. The van der Waals surface area contributed by atoms with E-state index in [-0.39, 0.29) is 0 Å². The minimum atomic E-state index is 0.347. The summed E-state index contributed by atoms with van der Waals surface area (Å²) in [6.07, 6.45) is 3.32. The Balaban J connectivity index is 1.95. The third-order valence-electron chi connectivity index (χ3n) is 2.81. The number of nitrogens with one attached hydrogen (secondary N) is 1. The van der Waals surface area contributed by atoms with Gasteiger partial charge in [0.25, 0.3) is 0 Å². The standard InChI is InChI=1S/C12H13NO2/c1-2-11-12(15-8-14-11)7-10(1)9-3-5-13-6-4-9/h1-3,7,13H,4-6,8H2. The normalized spacial score (nSPS) is 18.8. The van der Waals surface area contributed by atoms with Crippen molar-refractivity contribution in [2.45, 2.75) is 6.42 Å². The fourth-order valence-corrected chi connectivity index (χ4v) is 1.98. The van der Waals surface area contributed by atoms with Crippen LogP contribution in [0.2, 0.25) is 0 Å². The molecule has 0 bridgehead atoms. The molecule has 3 rings (SSSR count). The van der Waals surface area contributed by atoms with Crippen molar-refractivity contribution < 1.29 is 9.47 Å². The van der Waals surface area contributed by atoms with Crippen molar-refractivity contribution in [3.05, 3.63) is 29.8 Å². The Hall–Kier alpha value is -1.48. The molecule has 2 heterocycles. The first-order valence-corrected chi connectivity index (χ1v) is 5.23. The zero-order valence-electron chi connectivity index (χ0n) is 8.45. The molecular formula is C12H13NO2. The number of ether oxygens (including phenoxy) is 2. The van der Waals surface area contributed by atoms with Gasteiger partial charge in [0.05, 0.1) is 0 Å². The summed E-state index contributed by atoms with van der Waals surface area (Å²) in [7, 11) is 0. The van der Waals surface area contributed by atoms with Crippen LogP contribution in [0.15, 0.2) is 24.3 Å². The maximum Gasteiger partial charge on any atom is 0.231 e. The van der Waals surface area contributed by atoms with Crippen molar-refractivity contribution >= 4 is 5.57 Å². The van der Waals surface area contributed by atoms with Crippen molar-refractivity contribution in [2.24, 2.45) is 0 Å². The third kappa shape index (κ3) is 1.59. The van der Waals surface area contributed by atoms with E-state index in [0.717, 1.165) is 31.0 Å². The highest BCUT2D eigenvalue weighted by atomic mass is 16.7. The van der Waals surface area contributed by atoms with E-state index in [9.17, 15) is 0 Å². The quantitative estimate of drug-likeness (QED) is 0.754. The highest BCUT2D eigenvalue weighted by molar-refractivity contribution is 5.69. The number of benzene rings is 1. The SMILES string of the molecule is C1=C(c2ccc3c(c2)OCO3)CCNC1. The lowest BCUT2D eigenvalue weighted by Gasteiger charge is -2.14. The lowest BCUT2D eigenvalue weighted by molar-refractivity contribution is 0.174. The average Bonchev–Trinajstić information content (AvgIpc) is 2.77. The van der Waals surface area contributed by atoms with Crippen LogP contribution in [0.3, 0.4) is 0 Å². The van der Waals surface area contributed by atoms with E-state index in [0.29, 0.717) is 6.79 Å². The van der Waals surface area contributed by atoms with Crippen molar-refractivity contribution in [1.82, 2.24) is 5.32 Å². The maximum atomic E-state index is 5.36. The van der Waals surface area contributed by atoms with Gasteiger partial charge < -0.3 is 14.8 Å². The van der Waals surface area contributed by atoms with Gasteiger partial charge >= 0.3 is 0 Å². The van der Waals surface area contributed by atoms with Gasteiger partial charge in [-0.2, -0.15) is 0 Å². The van der Waals surface area contributed by atoms with Crippen LogP contribution in [0.4, 0.5) is 0 Å². The zero-order valence-corrected chi connectivity index (χ0v) is 8.45. The summed E-state index contributed by atoms with van der Waals surface area (Å²) in [6, 6.07) is 6.16. The van der Waals surface area contributed by atoms with Gasteiger partial charge in [0, 0.05) is 6.54 Å². The van der Waals surface area contributed by atoms with Gasteiger partial charge in [-0.25, -0.2) is 0 Å². The van der Waals surface area contributed by atoms with Crippen molar-refractivity contribution in [3.63, 3.8) is 0 Å². The molecule has 0 amide bonds. The number of fused-ring (bicyclic) bond motifs is 1. The Bertz CT molecular complexity index is 412. The molecule has 0 atom stereocenters. The predicted octanol–water partition coefficient (Wildman–Crippen LogP) is 1.79. The molecule has 0 radical (unpaired) electrons. The minimum Gasteiger partial charge on any atom is -0.454 e. The first-order valence-electron chi connectivity index (χ1n) is 5.23. The van der Waals surface area contributed by atoms with E-state index in [1.54, 1.807) is 0 Å². The maximum absolute atomic E-state index is 5.36. The minimum absolute atomic E-state index is 0.347. The summed E-state index contributed by atoms with van der Waals surface area (Å²) in [5.41, 5.74) is 2.65. The molecule has 1 aromatic carbocycles. The summed E-state index contributed by atoms with van der Waals surface area (Å²) in [4.78, 5) is 0. The van der Waals surface area contributed by atoms with Crippen LogP contribution in [0, 0.1) is 0 Å². The molecule has 0 fully saturated rings. The number of hydrogen-bond acceptors (Lipinski definition) is 3. The van der Waals surface area contributed by atoms with E-state index in [1.165, 1.54) is 11.1 Å².